The van der Waals surface area contributed by atoms with E-state index in [2.05, 4.69) is 5.32 Å². The minimum atomic E-state index is -0.849. The van der Waals surface area contributed by atoms with Gasteiger partial charge in [-0.1, -0.05) is 26.0 Å². The van der Waals surface area contributed by atoms with Crippen LogP contribution in [-0.2, 0) is 0 Å². The van der Waals surface area contributed by atoms with Crippen molar-refractivity contribution in [1.82, 2.24) is 5.32 Å². The molecule has 0 aromatic heterocycles. The van der Waals surface area contributed by atoms with Crippen molar-refractivity contribution >= 4 is 12.2 Å². The average Bonchev–Trinajstić information content (AvgIpc) is 2.44. The van der Waals surface area contributed by atoms with Crippen molar-refractivity contribution in [3.8, 4) is 0 Å². The number of hydrogen-bond acceptors (Lipinski definition) is 3. The minimum Gasteiger partial charge on any atom is -0.388 e. The van der Waals surface area contributed by atoms with Crippen molar-refractivity contribution in [3.05, 3.63) is 35.4 Å². The number of aldehydes is 1. The quantitative estimate of drug-likeness (QED) is 0.755. The highest BCUT2D eigenvalue weighted by atomic mass is 16.3. The third-order valence-electron chi connectivity index (χ3n) is 3.20. The second-order valence-electron chi connectivity index (χ2n) is 4.35. The Morgan fingerprint density at radius 1 is 1.28 bits per heavy atom. The Kier molecular flexibility index (Phi) is 5.04. The molecule has 1 amide bonds. The molecule has 0 aliphatic carbocycles. The maximum absolute atomic E-state index is 11.8. The zero-order valence-corrected chi connectivity index (χ0v) is 10.8. The Labute approximate surface area is 107 Å². The Hall–Kier alpha value is -1.68. The van der Waals surface area contributed by atoms with Gasteiger partial charge in [-0.25, -0.2) is 0 Å². The first-order chi connectivity index (χ1) is 8.54. The summed E-state index contributed by atoms with van der Waals surface area (Å²) in [5.41, 5.74) is 0.165. The molecule has 0 aliphatic heterocycles. The summed E-state index contributed by atoms with van der Waals surface area (Å²) in [5.74, 6) is -0.243. The second kappa shape index (κ2) is 6.31. The number of nitrogens with one attached hydrogen (secondary N) is 1. The van der Waals surface area contributed by atoms with Crippen LogP contribution in [0.2, 0.25) is 0 Å². The highest BCUT2D eigenvalue weighted by molar-refractivity contribution is 5.94. The number of carbonyl (C=O) groups is 2. The highest BCUT2D eigenvalue weighted by Crippen LogP contribution is 2.13. The summed E-state index contributed by atoms with van der Waals surface area (Å²) in [6, 6.07) is 6.37. The van der Waals surface area contributed by atoms with E-state index in [1.165, 1.54) is 0 Å². The zero-order valence-electron chi connectivity index (χ0n) is 10.8. The molecule has 1 aromatic rings. The molecule has 98 valence electrons. The van der Waals surface area contributed by atoms with E-state index in [4.69, 9.17) is 0 Å². The first-order valence-corrected chi connectivity index (χ1v) is 6.10. The summed E-state index contributed by atoms with van der Waals surface area (Å²) < 4.78 is 0. The van der Waals surface area contributed by atoms with Crippen LogP contribution in [0.1, 0.15) is 47.4 Å². The van der Waals surface area contributed by atoms with E-state index in [0.29, 0.717) is 24.0 Å². The van der Waals surface area contributed by atoms with Crippen LogP contribution < -0.4 is 5.32 Å². The fourth-order valence-corrected chi connectivity index (χ4v) is 1.56. The van der Waals surface area contributed by atoms with Crippen LogP contribution in [0, 0.1) is 0 Å². The van der Waals surface area contributed by atoms with E-state index in [1.54, 1.807) is 24.3 Å². The average molecular weight is 249 g/mol. The SMILES string of the molecule is CCC(O)(CC)CNC(=O)c1ccc(C=O)cc1. The van der Waals surface area contributed by atoms with Gasteiger partial charge < -0.3 is 10.4 Å². The van der Waals surface area contributed by atoms with Crippen molar-refractivity contribution in [3.63, 3.8) is 0 Å². The lowest BCUT2D eigenvalue weighted by molar-refractivity contribution is 0.0314. The van der Waals surface area contributed by atoms with Crippen molar-refractivity contribution in [2.24, 2.45) is 0 Å². The lowest BCUT2D eigenvalue weighted by Crippen LogP contribution is -2.42. The fourth-order valence-electron chi connectivity index (χ4n) is 1.56. The first kappa shape index (κ1) is 14.4. The monoisotopic (exact) mass is 249 g/mol. The minimum absolute atomic E-state index is 0.230. The normalized spacial score (nSPS) is 11.1. The third-order valence-corrected chi connectivity index (χ3v) is 3.20. The van der Waals surface area contributed by atoms with E-state index in [-0.39, 0.29) is 12.5 Å². The van der Waals surface area contributed by atoms with Gasteiger partial charge in [-0.05, 0) is 25.0 Å². The number of hydrogen-bond donors (Lipinski definition) is 2. The van der Waals surface area contributed by atoms with E-state index in [0.717, 1.165) is 6.29 Å². The van der Waals surface area contributed by atoms with Gasteiger partial charge in [0.05, 0.1) is 5.60 Å². The summed E-state index contributed by atoms with van der Waals surface area (Å²) in [6.07, 6.45) is 1.91. The smallest absolute Gasteiger partial charge is 0.251 e. The van der Waals surface area contributed by atoms with Crippen LogP contribution in [0.4, 0.5) is 0 Å². The molecule has 4 heteroatoms. The van der Waals surface area contributed by atoms with Crippen LogP contribution in [0.5, 0.6) is 0 Å². The Morgan fingerprint density at radius 3 is 2.28 bits per heavy atom. The molecule has 0 unspecified atom stereocenters. The molecule has 0 saturated carbocycles. The molecule has 2 N–H and O–H groups in total. The third kappa shape index (κ3) is 3.67. The Morgan fingerprint density at radius 2 is 1.83 bits per heavy atom. The molecule has 0 heterocycles. The largest absolute Gasteiger partial charge is 0.388 e. The van der Waals surface area contributed by atoms with Gasteiger partial charge in [0.25, 0.3) is 5.91 Å². The lowest BCUT2D eigenvalue weighted by atomic mass is 9.97. The number of aliphatic hydroxyl groups is 1. The van der Waals surface area contributed by atoms with Crippen molar-refractivity contribution in [1.29, 1.82) is 0 Å². The topological polar surface area (TPSA) is 66.4 Å². The van der Waals surface area contributed by atoms with Gasteiger partial charge >= 0.3 is 0 Å². The van der Waals surface area contributed by atoms with Gasteiger partial charge in [0.15, 0.2) is 0 Å². The second-order valence-corrected chi connectivity index (χ2v) is 4.35. The predicted octanol–water partition coefficient (Wildman–Crippen LogP) is 1.78. The number of benzene rings is 1. The van der Waals surface area contributed by atoms with Crippen LogP contribution in [0.25, 0.3) is 0 Å². The molecule has 0 saturated heterocycles. The van der Waals surface area contributed by atoms with Gasteiger partial charge in [-0.3, -0.25) is 9.59 Å². The standard InChI is InChI=1S/C14H19NO3/c1-3-14(18,4-2)10-15-13(17)12-7-5-11(9-16)6-8-12/h5-9,18H,3-4,10H2,1-2H3,(H,15,17). The van der Waals surface area contributed by atoms with Crippen LogP contribution in [-0.4, -0.2) is 29.4 Å². The summed E-state index contributed by atoms with van der Waals surface area (Å²) in [4.78, 5) is 22.3. The van der Waals surface area contributed by atoms with Crippen LogP contribution in [0.3, 0.4) is 0 Å². The maximum Gasteiger partial charge on any atom is 0.251 e. The van der Waals surface area contributed by atoms with E-state index in [9.17, 15) is 14.7 Å². The molecule has 0 radical (unpaired) electrons. The highest BCUT2D eigenvalue weighted by Gasteiger charge is 2.22. The number of amides is 1. The van der Waals surface area contributed by atoms with Gasteiger partial charge in [-0.15, -0.1) is 0 Å². The van der Waals surface area contributed by atoms with E-state index in [1.807, 2.05) is 13.8 Å². The van der Waals surface area contributed by atoms with Gasteiger partial charge in [0.1, 0.15) is 6.29 Å². The van der Waals surface area contributed by atoms with Crippen LogP contribution >= 0.6 is 0 Å². The fraction of sp³-hybridized carbons (Fsp3) is 0.429. The summed E-state index contributed by atoms with van der Waals surface area (Å²) in [5, 5.41) is 12.7. The molecule has 0 bridgehead atoms. The Bertz CT molecular complexity index is 408. The number of rotatable bonds is 6. The molecule has 1 rings (SSSR count). The molecule has 0 spiro atoms. The van der Waals surface area contributed by atoms with Gasteiger partial charge in [0, 0.05) is 17.7 Å². The molecular weight excluding hydrogens is 230 g/mol. The number of carbonyl (C=O) groups excluding carboxylic acids is 2. The molecule has 0 fully saturated rings. The van der Waals surface area contributed by atoms with E-state index < -0.39 is 5.60 Å². The lowest BCUT2D eigenvalue weighted by Gasteiger charge is -2.25. The van der Waals surface area contributed by atoms with Gasteiger partial charge in [-0.2, -0.15) is 0 Å². The summed E-state index contributed by atoms with van der Waals surface area (Å²) in [6.45, 7) is 4.00. The molecular formula is C14H19NO3. The molecule has 0 aliphatic rings. The maximum atomic E-state index is 11.8. The summed E-state index contributed by atoms with van der Waals surface area (Å²) >= 11 is 0. The summed E-state index contributed by atoms with van der Waals surface area (Å²) in [7, 11) is 0. The van der Waals surface area contributed by atoms with Gasteiger partial charge in [0.2, 0.25) is 0 Å². The first-order valence-electron chi connectivity index (χ1n) is 6.10. The molecule has 1 aromatic carbocycles. The molecule has 18 heavy (non-hydrogen) atoms. The molecule has 4 nitrogen and oxygen atoms in total. The molecule has 0 atom stereocenters. The predicted molar refractivity (Wildman–Crippen MR) is 69.7 cm³/mol. The Balaban J connectivity index is 2.62. The van der Waals surface area contributed by atoms with Crippen LogP contribution in [0.15, 0.2) is 24.3 Å². The van der Waals surface area contributed by atoms with Crippen molar-refractivity contribution in [2.75, 3.05) is 6.54 Å². The van der Waals surface area contributed by atoms with Crippen molar-refractivity contribution in [2.45, 2.75) is 32.3 Å². The zero-order chi connectivity index (χ0) is 13.6. The van der Waals surface area contributed by atoms with Crippen molar-refractivity contribution < 1.29 is 14.7 Å². The van der Waals surface area contributed by atoms with E-state index >= 15 is 0 Å².